The first-order valence-corrected chi connectivity index (χ1v) is 28.7. The minimum Gasteiger partial charge on any atom is -0.497 e. The number of ether oxygens (including phenoxy) is 8. The molecule has 4 atom stereocenters. The summed E-state index contributed by atoms with van der Waals surface area (Å²) >= 11 is 0. The Morgan fingerprint density at radius 2 is 1.46 bits per heavy atom. The molecule has 1 aliphatic rings. The van der Waals surface area contributed by atoms with Gasteiger partial charge < -0.3 is 42.3 Å². The predicted octanol–water partition coefficient (Wildman–Crippen LogP) is 10.4. The summed E-state index contributed by atoms with van der Waals surface area (Å²) in [7, 11) is 0.105. The van der Waals surface area contributed by atoms with E-state index in [4.69, 9.17) is 42.3 Å². The molecule has 362 valence electrons. The van der Waals surface area contributed by atoms with E-state index in [1.807, 2.05) is 56.3 Å². The van der Waals surface area contributed by atoms with Gasteiger partial charge in [0.25, 0.3) is 8.32 Å². The minimum absolute atomic E-state index is 0.102. The molecule has 0 saturated carbocycles. The third kappa shape index (κ3) is 14.3. The lowest BCUT2D eigenvalue weighted by atomic mass is 9.97. The fraction of sp³-hybridized carbons (Fsp3) is 0.444. The van der Waals surface area contributed by atoms with E-state index < -0.39 is 52.4 Å². The van der Waals surface area contributed by atoms with Gasteiger partial charge in [-0.05, 0) is 84.9 Å². The highest BCUT2D eigenvalue weighted by molar-refractivity contribution is 6.99. The molecule has 0 amide bonds. The molecule has 5 rings (SSSR count). The zero-order valence-electron chi connectivity index (χ0n) is 41.6. The van der Waals surface area contributed by atoms with Gasteiger partial charge in [-0.25, -0.2) is 9.59 Å². The Morgan fingerprint density at radius 3 is 2.03 bits per heavy atom. The topological polar surface area (TPSA) is 117 Å². The molecule has 0 bridgehead atoms. The van der Waals surface area contributed by atoms with Crippen molar-refractivity contribution >= 4 is 44.8 Å². The predicted molar refractivity (Wildman–Crippen MR) is 270 cm³/mol. The van der Waals surface area contributed by atoms with Crippen LogP contribution in [-0.4, -0.2) is 93.3 Å². The van der Waals surface area contributed by atoms with Gasteiger partial charge in [-0.15, -0.1) is 0 Å². The van der Waals surface area contributed by atoms with Gasteiger partial charge >= 0.3 is 11.9 Å². The van der Waals surface area contributed by atoms with Crippen LogP contribution in [0.25, 0.3) is 6.08 Å². The normalized spacial score (nSPS) is 17.4. The zero-order valence-corrected chi connectivity index (χ0v) is 43.6. The van der Waals surface area contributed by atoms with Crippen LogP contribution in [0.2, 0.25) is 30.7 Å². The van der Waals surface area contributed by atoms with Gasteiger partial charge in [-0.2, -0.15) is 0 Å². The summed E-state index contributed by atoms with van der Waals surface area (Å²) in [5, 5.41) is 2.27. The maximum absolute atomic E-state index is 13.9. The van der Waals surface area contributed by atoms with E-state index in [9.17, 15) is 9.59 Å². The van der Waals surface area contributed by atoms with Gasteiger partial charge in [0, 0.05) is 26.9 Å². The van der Waals surface area contributed by atoms with Gasteiger partial charge in [-0.3, -0.25) is 0 Å². The first kappa shape index (κ1) is 53.1. The first-order valence-electron chi connectivity index (χ1n) is 23.1. The standard InChI is InChI=1S/C54H72O11Si2/c1-39(65-67(53(2,3)4,42-22-15-13-16-23-42)43-24-17-14-18-25-43)21-19-27-47(61-37-40-29-31-41(58-8)32-30-40)50-48(63-54(5,6)64-50)28-20-26-44-45(51(55)59-9)33-34-46(62-38-57-7)49(44)52(56)60-35-36-66(10,11)12/h13-20,22-27,29-34,39,47-48,50H,21,28,35-38H2,1-12H3/b26-20+,27-19-/t39-,47?,48+,50+/m0/s1. The van der Waals surface area contributed by atoms with Crippen molar-refractivity contribution in [3.05, 3.63) is 138 Å². The lowest BCUT2D eigenvalue weighted by molar-refractivity contribution is -0.156. The van der Waals surface area contributed by atoms with E-state index >= 15 is 0 Å². The molecule has 4 aromatic carbocycles. The van der Waals surface area contributed by atoms with E-state index in [1.54, 1.807) is 25.3 Å². The maximum atomic E-state index is 13.9. The van der Waals surface area contributed by atoms with Crippen molar-refractivity contribution in [3.8, 4) is 11.5 Å². The minimum atomic E-state index is -2.80. The summed E-state index contributed by atoms with van der Waals surface area (Å²) < 4.78 is 54.8. The largest absolute Gasteiger partial charge is 0.497 e. The average Bonchev–Trinajstić information content (AvgIpc) is 3.61. The number of rotatable bonds is 23. The van der Waals surface area contributed by atoms with Gasteiger partial charge in [0.1, 0.15) is 29.3 Å². The molecular formula is C54H72O11Si2. The monoisotopic (exact) mass is 952 g/mol. The second kappa shape index (κ2) is 23.9. The molecule has 11 nitrogen and oxygen atoms in total. The summed E-state index contributed by atoms with van der Waals surface area (Å²) in [6.07, 6.45) is 6.98. The van der Waals surface area contributed by atoms with Crippen LogP contribution in [0.1, 0.15) is 86.2 Å². The van der Waals surface area contributed by atoms with Crippen molar-refractivity contribution in [1.29, 1.82) is 0 Å². The van der Waals surface area contributed by atoms with Gasteiger partial charge in [0.15, 0.2) is 12.6 Å². The average molecular weight is 953 g/mol. The smallest absolute Gasteiger partial charge is 0.342 e. The number of esters is 2. The molecule has 13 heteroatoms. The Bertz CT molecular complexity index is 2210. The Balaban J connectivity index is 1.47. The molecule has 0 aliphatic carbocycles. The van der Waals surface area contributed by atoms with Gasteiger partial charge in [0.2, 0.25) is 0 Å². The molecule has 0 spiro atoms. The highest BCUT2D eigenvalue weighted by atomic mass is 28.4. The second-order valence-electron chi connectivity index (χ2n) is 19.5. The fourth-order valence-electron chi connectivity index (χ4n) is 8.30. The van der Waals surface area contributed by atoms with Crippen LogP contribution in [-0.2, 0) is 39.5 Å². The molecule has 0 N–H and O–H groups in total. The summed E-state index contributed by atoms with van der Waals surface area (Å²) in [5.41, 5.74) is 1.55. The summed E-state index contributed by atoms with van der Waals surface area (Å²) in [4.78, 5) is 27.1. The SMILES string of the molecule is COCOc1ccc(C(=O)OC)c(/C=C/C[C@H]2OC(C)(C)O[C@@H]2C(/C=C\C[C@H](C)O[Si](c2ccccc2)(c2ccccc2)C(C)(C)C)OCc2ccc(OC)cc2)c1C(=O)OCC[Si](C)(C)C. The van der Waals surface area contributed by atoms with Gasteiger partial charge in [-0.1, -0.05) is 138 Å². The van der Waals surface area contributed by atoms with Crippen molar-refractivity contribution in [2.75, 3.05) is 34.7 Å². The van der Waals surface area contributed by atoms with Crippen LogP contribution in [0.3, 0.4) is 0 Å². The molecular weight excluding hydrogens is 881 g/mol. The second-order valence-corrected chi connectivity index (χ2v) is 29.4. The highest BCUT2D eigenvalue weighted by Gasteiger charge is 2.51. The number of benzene rings is 4. The maximum Gasteiger partial charge on any atom is 0.342 e. The number of hydrogen-bond acceptors (Lipinski definition) is 11. The molecule has 0 radical (unpaired) electrons. The number of methoxy groups -OCH3 is 3. The lowest BCUT2D eigenvalue weighted by Crippen LogP contribution is -2.67. The van der Waals surface area contributed by atoms with Crippen molar-refractivity contribution in [3.63, 3.8) is 0 Å². The number of hydrogen-bond donors (Lipinski definition) is 0. The molecule has 1 heterocycles. The van der Waals surface area contributed by atoms with E-state index in [2.05, 4.69) is 108 Å². The molecule has 4 aromatic rings. The molecule has 67 heavy (non-hydrogen) atoms. The Morgan fingerprint density at radius 1 is 0.821 bits per heavy atom. The fourth-order valence-corrected chi connectivity index (χ4v) is 13.7. The molecule has 1 saturated heterocycles. The van der Waals surface area contributed by atoms with Crippen LogP contribution in [0.15, 0.2) is 115 Å². The van der Waals surface area contributed by atoms with E-state index in [0.29, 0.717) is 25.0 Å². The highest BCUT2D eigenvalue weighted by Crippen LogP contribution is 2.39. The van der Waals surface area contributed by atoms with E-state index in [0.717, 1.165) is 17.4 Å². The molecule has 0 aromatic heterocycles. The van der Waals surface area contributed by atoms with Crippen LogP contribution in [0.4, 0.5) is 0 Å². The van der Waals surface area contributed by atoms with Crippen molar-refractivity contribution in [2.45, 2.75) is 122 Å². The third-order valence-electron chi connectivity index (χ3n) is 11.6. The molecule has 1 fully saturated rings. The third-order valence-corrected chi connectivity index (χ3v) is 18.5. The zero-order chi connectivity index (χ0) is 48.8. The number of carbonyl (C=O) groups excluding carboxylic acids is 2. The molecule has 1 aliphatic heterocycles. The van der Waals surface area contributed by atoms with Crippen molar-refractivity contribution in [2.24, 2.45) is 0 Å². The van der Waals surface area contributed by atoms with Crippen molar-refractivity contribution < 1.29 is 51.9 Å². The summed E-state index contributed by atoms with van der Waals surface area (Å²) in [6, 6.07) is 33.0. The summed E-state index contributed by atoms with van der Waals surface area (Å²) in [6.45, 7) is 19.8. The van der Waals surface area contributed by atoms with E-state index in [1.165, 1.54) is 24.6 Å². The Hall–Kier alpha value is -4.87. The number of carbonyl (C=O) groups is 2. The summed E-state index contributed by atoms with van der Waals surface area (Å²) in [5.74, 6) is -1.20. The molecule has 1 unspecified atom stereocenters. The van der Waals surface area contributed by atoms with Gasteiger partial charge in [0.05, 0.1) is 39.1 Å². The van der Waals surface area contributed by atoms with Crippen LogP contribution >= 0.6 is 0 Å². The lowest BCUT2D eigenvalue weighted by Gasteiger charge is -2.44. The van der Waals surface area contributed by atoms with Crippen LogP contribution < -0.4 is 19.8 Å². The van der Waals surface area contributed by atoms with E-state index in [-0.39, 0.29) is 41.4 Å². The van der Waals surface area contributed by atoms with Crippen molar-refractivity contribution in [1.82, 2.24) is 0 Å². The Kier molecular flexibility index (Phi) is 19.0. The first-order chi connectivity index (χ1) is 31.8. The Labute approximate surface area is 400 Å². The van der Waals surface area contributed by atoms with Crippen LogP contribution in [0.5, 0.6) is 11.5 Å². The van der Waals surface area contributed by atoms with Crippen LogP contribution in [0, 0.1) is 0 Å². The quantitative estimate of drug-likeness (QED) is 0.0306.